The van der Waals surface area contributed by atoms with Gasteiger partial charge in [0.15, 0.2) is 5.82 Å². The number of piperazine rings is 1. The van der Waals surface area contributed by atoms with Gasteiger partial charge in [0.1, 0.15) is 12.1 Å². The third kappa shape index (κ3) is 3.74. The van der Waals surface area contributed by atoms with Crippen molar-refractivity contribution in [2.75, 3.05) is 62.3 Å². The van der Waals surface area contributed by atoms with Crippen LogP contribution < -0.4 is 9.80 Å². The topological polar surface area (TPSA) is 99.9 Å². The van der Waals surface area contributed by atoms with E-state index in [0.29, 0.717) is 39.4 Å². The van der Waals surface area contributed by atoms with Crippen molar-refractivity contribution >= 4 is 28.5 Å². The maximum atomic E-state index is 11.2. The Hall–Kier alpha value is -3.40. The van der Waals surface area contributed by atoms with Crippen LogP contribution in [-0.2, 0) is 4.74 Å². The molecule has 162 valence electrons. The molecule has 1 N–H and O–H groups in total. The van der Waals surface area contributed by atoms with Crippen LogP contribution in [0.3, 0.4) is 0 Å². The Kier molecular flexibility index (Phi) is 5.06. The molecule has 0 unspecified atom stereocenters. The fourth-order valence-corrected chi connectivity index (χ4v) is 4.26. The summed E-state index contributed by atoms with van der Waals surface area (Å²) in [6.07, 6.45) is 2.57. The minimum atomic E-state index is -0.857. The molecule has 4 heterocycles. The normalized spacial score (nSPS) is 17.4. The highest BCUT2D eigenvalue weighted by molar-refractivity contribution is 5.85. The van der Waals surface area contributed by atoms with Crippen LogP contribution in [0.15, 0.2) is 30.7 Å². The Labute approximate surface area is 179 Å². The van der Waals surface area contributed by atoms with Gasteiger partial charge < -0.3 is 24.5 Å². The standard InChI is InChI=1S/C21H25N7O3/c1-15-10-16-13-24-28(20-12-19(22-14-23-20)26-6-8-31-9-7-26)18(16)11-17(15)25-2-4-27(5-3-25)21(29)30/h10-14H,2-9H2,1H3,(H,29,30). The van der Waals surface area contributed by atoms with Gasteiger partial charge in [-0.25, -0.2) is 19.4 Å². The van der Waals surface area contributed by atoms with E-state index < -0.39 is 6.09 Å². The van der Waals surface area contributed by atoms with E-state index in [1.807, 2.05) is 16.9 Å². The van der Waals surface area contributed by atoms with Gasteiger partial charge in [0.05, 0.1) is 24.9 Å². The van der Waals surface area contributed by atoms with E-state index in [9.17, 15) is 9.90 Å². The monoisotopic (exact) mass is 423 g/mol. The molecule has 0 atom stereocenters. The van der Waals surface area contributed by atoms with E-state index in [1.165, 1.54) is 4.90 Å². The Morgan fingerprint density at radius 1 is 0.968 bits per heavy atom. The fourth-order valence-electron chi connectivity index (χ4n) is 4.26. The summed E-state index contributed by atoms with van der Waals surface area (Å²) in [6.45, 7) is 7.43. The smallest absolute Gasteiger partial charge is 0.407 e. The molecule has 0 bridgehead atoms. The number of morpholine rings is 1. The number of nitrogens with zero attached hydrogens (tertiary/aromatic N) is 7. The van der Waals surface area contributed by atoms with Crippen LogP contribution in [0.2, 0.25) is 0 Å². The Morgan fingerprint density at radius 2 is 1.71 bits per heavy atom. The van der Waals surface area contributed by atoms with Crippen LogP contribution in [0.4, 0.5) is 16.3 Å². The molecule has 2 aliphatic rings. The molecule has 2 fully saturated rings. The lowest BCUT2D eigenvalue weighted by Gasteiger charge is -2.35. The van der Waals surface area contributed by atoms with Gasteiger partial charge in [0, 0.05) is 56.4 Å². The highest BCUT2D eigenvalue weighted by Crippen LogP contribution is 2.29. The lowest BCUT2D eigenvalue weighted by Crippen LogP contribution is -2.48. The van der Waals surface area contributed by atoms with Gasteiger partial charge in [0.2, 0.25) is 0 Å². The van der Waals surface area contributed by atoms with Crippen LogP contribution in [0.5, 0.6) is 0 Å². The summed E-state index contributed by atoms with van der Waals surface area (Å²) >= 11 is 0. The van der Waals surface area contributed by atoms with E-state index in [-0.39, 0.29) is 0 Å². The number of benzene rings is 1. The molecule has 1 amide bonds. The minimum absolute atomic E-state index is 0.501. The first-order valence-corrected chi connectivity index (χ1v) is 10.5. The molecule has 0 saturated carbocycles. The number of carbonyl (C=O) groups is 1. The summed E-state index contributed by atoms with van der Waals surface area (Å²) < 4.78 is 7.28. The summed E-state index contributed by atoms with van der Waals surface area (Å²) in [5.74, 6) is 1.59. The highest BCUT2D eigenvalue weighted by atomic mass is 16.5. The quantitative estimate of drug-likeness (QED) is 0.680. The van der Waals surface area contributed by atoms with Gasteiger partial charge in [-0.1, -0.05) is 0 Å². The molecule has 0 radical (unpaired) electrons. The van der Waals surface area contributed by atoms with E-state index in [4.69, 9.17) is 4.74 Å². The number of aryl methyl sites for hydroxylation is 1. The molecule has 0 spiro atoms. The van der Waals surface area contributed by atoms with Crippen molar-refractivity contribution in [1.29, 1.82) is 0 Å². The van der Waals surface area contributed by atoms with Crippen molar-refractivity contribution in [3.05, 3.63) is 36.3 Å². The number of hydrogen-bond acceptors (Lipinski definition) is 7. The second-order valence-corrected chi connectivity index (χ2v) is 7.84. The van der Waals surface area contributed by atoms with Gasteiger partial charge in [-0.15, -0.1) is 0 Å². The first-order chi connectivity index (χ1) is 15.1. The molecule has 3 aromatic rings. The van der Waals surface area contributed by atoms with Crippen molar-refractivity contribution in [3.63, 3.8) is 0 Å². The summed E-state index contributed by atoms with van der Waals surface area (Å²) in [5.41, 5.74) is 3.21. The molecule has 2 aliphatic heterocycles. The van der Waals surface area contributed by atoms with E-state index >= 15 is 0 Å². The Balaban J connectivity index is 1.47. The number of rotatable bonds is 3. The van der Waals surface area contributed by atoms with E-state index in [0.717, 1.165) is 46.9 Å². The molecular weight excluding hydrogens is 398 g/mol. The summed E-state index contributed by atoms with van der Waals surface area (Å²) in [4.78, 5) is 26.0. The Bertz CT molecular complexity index is 1100. The Morgan fingerprint density at radius 3 is 2.45 bits per heavy atom. The molecular formula is C21H25N7O3. The summed E-state index contributed by atoms with van der Waals surface area (Å²) in [6, 6.07) is 6.22. The molecule has 0 aliphatic carbocycles. The number of hydrogen-bond donors (Lipinski definition) is 1. The van der Waals surface area contributed by atoms with Gasteiger partial charge in [-0.2, -0.15) is 5.10 Å². The van der Waals surface area contributed by atoms with Crippen LogP contribution >= 0.6 is 0 Å². The van der Waals surface area contributed by atoms with Crippen molar-refractivity contribution < 1.29 is 14.6 Å². The van der Waals surface area contributed by atoms with Gasteiger partial charge in [-0.05, 0) is 24.6 Å². The molecule has 5 rings (SSSR count). The third-order valence-electron chi connectivity index (χ3n) is 5.97. The third-order valence-corrected chi connectivity index (χ3v) is 5.97. The predicted octanol–water partition coefficient (Wildman–Crippen LogP) is 1.76. The second-order valence-electron chi connectivity index (χ2n) is 7.84. The number of aromatic nitrogens is 4. The van der Waals surface area contributed by atoms with Crippen molar-refractivity contribution in [3.8, 4) is 5.82 Å². The van der Waals surface area contributed by atoms with Gasteiger partial charge >= 0.3 is 6.09 Å². The van der Waals surface area contributed by atoms with E-state index in [2.05, 4.69) is 43.9 Å². The molecule has 10 heteroatoms. The number of ether oxygens (including phenoxy) is 1. The average molecular weight is 423 g/mol. The van der Waals surface area contributed by atoms with Crippen LogP contribution in [0, 0.1) is 6.92 Å². The average Bonchev–Trinajstić information content (AvgIpc) is 3.22. The van der Waals surface area contributed by atoms with Crippen LogP contribution in [0.25, 0.3) is 16.7 Å². The minimum Gasteiger partial charge on any atom is -0.465 e. The van der Waals surface area contributed by atoms with Crippen molar-refractivity contribution in [2.24, 2.45) is 0 Å². The lowest BCUT2D eigenvalue weighted by molar-refractivity contribution is 0.122. The van der Waals surface area contributed by atoms with Gasteiger partial charge in [-0.3, -0.25) is 0 Å². The first-order valence-electron chi connectivity index (χ1n) is 10.5. The highest BCUT2D eigenvalue weighted by Gasteiger charge is 2.22. The molecule has 1 aromatic carbocycles. The maximum absolute atomic E-state index is 11.2. The van der Waals surface area contributed by atoms with Crippen LogP contribution in [0.1, 0.15) is 5.56 Å². The number of anilines is 2. The fraction of sp³-hybridized carbons (Fsp3) is 0.429. The zero-order valence-electron chi connectivity index (χ0n) is 17.4. The number of fused-ring (bicyclic) bond motifs is 1. The molecule has 2 saturated heterocycles. The predicted molar refractivity (Wildman–Crippen MR) is 116 cm³/mol. The van der Waals surface area contributed by atoms with Gasteiger partial charge in [0.25, 0.3) is 0 Å². The number of amides is 1. The van der Waals surface area contributed by atoms with Crippen molar-refractivity contribution in [2.45, 2.75) is 6.92 Å². The van der Waals surface area contributed by atoms with Crippen molar-refractivity contribution in [1.82, 2.24) is 24.6 Å². The molecule has 2 aromatic heterocycles. The molecule has 31 heavy (non-hydrogen) atoms. The lowest BCUT2D eigenvalue weighted by atomic mass is 10.1. The summed E-state index contributed by atoms with van der Waals surface area (Å²) in [7, 11) is 0. The van der Waals surface area contributed by atoms with E-state index in [1.54, 1.807) is 6.33 Å². The molecule has 10 nitrogen and oxygen atoms in total. The number of carboxylic acid groups (broad SMARTS) is 1. The maximum Gasteiger partial charge on any atom is 0.407 e. The van der Waals surface area contributed by atoms with Crippen LogP contribution in [-0.4, -0.2) is 88.3 Å². The first kappa shape index (κ1) is 19.6. The zero-order valence-corrected chi connectivity index (χ0v) is 17.4. The SMILES string of the molecule is Cc1cc2cnn(-c3cc(N4CCOCC4)ncn3)c2cc1N1CCN(C(=O)O)CC1. The second kappa shape index (κ2) is 8.03. The largest absolute Gasteiger partial charge is 0.465 e. The zero-order chi connectivity index (χ0) is 21.4. The summed E-state index contributed by atoms with van der Waals surface area (Å²) in [5, 5.41) is 14.8.